The van der Waals surface area contributed by atoms with Crippen LogP contribution in [0, 0.1) is 0 Å². The number of amides is 1. The first-order chi connectivity index (χ1) is 19.6. The molecule has 2 aromatic heterocycles. The van der Waals surface area contributed by atoms with E-state index < -0.39 is 0 Å². The molecule has 40 heavy (non-hydrogen) atoms. The third-order valence-corrected chi connectivity index (χ3v) is 7.60. The van der Waals surface area contributed by atoms with Gasteiger partial charge >= 0.3 is 0 Å². The van der Waals surface area contributed by atoms with Crippen LogP contribution in [-0.4, -0.2) is 17.5 Å². The predicted octanol–water partition coefficient (Wildman–Crippen LogP) is 8.20. The van der Waals surface area contributed by atoms with E-state index in [9.17, 15) is 4.79 Å². The maximum absolute atomic E-state index is 12.5. The Morgan fingerprint density at radius 2 is 1.45 bits per heavy atom. The van der Waals surface area contributed by atoms with Crippen LogP contribution in [0.1, 0.15) is 95.0 Å². The quantitative estimate of drug-likeness (QED) is 0.108. The summed E-state index contributed by atoms with van der Waals surface area (Å²) in [7, 11) is 0. The van der Waals surface area contributed by atoms with Crippen LogP contribution in [0.3, 0.4) is 0 Å². The van der Waals surface area contributed by atoms with Crippen LogP contribution in [-0.2, 0) is 17.8 Å². The number of unbranched alkanes of at least 4 members (excludes halogenated alkanes) is 9. The summed E-state index contributed by atoms with van der Waals surface area (Å²) in [6.07, 6.45) is 18.1. The van der Waals surface area contributed by atoms with E-state index in [2.05, 4.69) is 52.8 Å². The molecule has 2 heterocycles. The number of anilines is 1. The molecule has 0 spiro atoms. The van der Waals surface area contributed by atoms with Crippen molar-refractivity contribution < 1.29 is 13.9 Å². The third kappa shape index (κ3) is 8.97. The van der Waals surface area contributed by atoms with E-state index >= 15 is 0 Å². The first kappa shape index (κ1) is 29.4. The zero-order valence-corrected chi connectivity index (χ0v) is 24.4. The molecule has 1 amide bonds. The lowest BCUT2D eigenvalue weighted by atomic mass is 10.1. The molecule has 5 nitrogen and oxygen atoms in total. The Morgan fingerprint density at radius 3 is 2.12 bits per heavy atom. The average molecular weight is 541 g/mol. The van der Waals surface area contributed by atoms with Crippen LogP contribution >= 0.6 is 0 Å². The summed E-state index contributed by atoms with van der Waals surface area (Å²) >= 11 is 0. The lowest BCUT2D eigenvalue weighted by molar-refractivity contribution is -0.520. The molecule has 0 radical (unpaired) electrons. The van der Waals surface area contributed by atoms with E-state index in [0.29, 0.717) is 6.54 Å². The number of hydrogen-bond acceptors (Lipinski definition) is 2. The van der Waals surface area contributed by atoms with Gasteiger partial charge in [0.15, 0.2) is 5.52 Å². The van der Waals surface area contributed by atoms with Crippen molar-refractivity contribution in [2.75, 3.05) is 11.5 Å². The Kier molecular flexibility index (Phi) is 11.6. The van der Waals surface area contributed by atoms with E-state index in [1.165, 1.54) is 63.4 Å². The fourth-order valence-electron chi connectivity index (χ4n) is 5.21. The van der Waals surface area contributed by atoms with Gasteiger partial charge in [-0.1, -0.05) is 95.0 Å². The number of hydrogen-bond donors (Lipinski definition) is 1. The first-order valence-corrected chi connectivity index (χ1v) is 15.2. The monoisotopic (exact) mass is 540 g/mol. The highest BCUT2D eigenvalue weighted by Gasteiger charge is 2.15. The molecule has 0 aliphatic rings. The van der Waals surface area contributed by atoms with Crippen molar-refractivity contribution in [2.45, 2.75) is 91.0 Å². The molecule has 212 valence electrons. The maximum Gasteiger partial charge on any atom is 0.263 e. The predicted molar refractivity (Wildman–Crippen MR) is 164 cm³/mol. The van der Waals surface area contributed by atoms with Crippen LogP contribution < -0.4 is 14.0 Å². The Hall–Kier alpha value is -3.60. The van der Waals surface area contributed by atoms with Crippen molar-refractivity contribution >= 4 is 17.1 Å². The summed E-state index contributed by atoms with van der Waals surface area (Å²) in [6.45, 7) is 5.19. The molecule has 0 fully saturated rings. The second-order valence-electron chi connectivity index (χ2n) is 10.9. The summed E-state index contributed by atoms with van der Waals surface area (Å²) in [5.74, 6) is 2.05. The lowest BCUT2D eigenvalue weighted by Gasteiger charge is -2.22. The number of aromatic nitrogens is 2. The smallest absolute Gasteiger partial charge is 0.263 e. The number of carbonyl (C=O) groups is 1. The van der Waals surface area contributed by atoms with Crippen molar-refractivity contribution in [3.8, 4) is 5.75 Å². The number of ether oxygens (including phenoxy) is 1. The summed E-state index contributed by atoms with van der Waals surface area (Å²) in [5, 5.41) is 0. The van der Waals surface area contributed by atoms with Gasteiger partial charge < -0.3 is 9.64 Å². The van der Waals surface area contributed by atoms with Gasteiger partial charge in [0.05, 0.1) is 25.8 Å². The SMILES string of the molecule is CCCCCCCCCCCCOc1ccc(CN(C(C)=O)c2ccc(Cc3[nH]cc4cccc[n+]34)cc2)cc1. The third-order valence-electron chi connectivity index (χ3n) is 7.60. The number of nitrogens with zero attached hydrogens (tertiary/aromatic N) is 2. The highest BCUT2D eigenvalue weighted by molar-refractivity contribution is 5.91. The van der Waals surface area contributed by atoms with Crippen LogP contribution in [0.15, 0.2) is 79.1 Å². The number of imidazole rings is 1. The number of pyridine rings is 1. The van der Waals surface area contributed by atoms with Crippen molar-refractivity contribution in [1.82, 2.24) is 4.98 Å². The Bertz CT molecular complexity index is 1290. The molecular formula is C35H46N3O2+. The molecule has 1 N–H and O–H groups in total. The van der Waals surface area contributed by atoms with Crippen molar-refractivity contribution in [1.29, 1.82) is 0 Å². The first-order valence-electron chi connectivity index (χ1n) is 15.2. The molecule has 0 unspecified atom stereocenters. The van der Waals surface area contributed by atoms with Gasteiger partial charge in [0, 0.05) is 12.6 Å². The fourth-order valence-corrected chi connectivity index (χ4v) is 5.21. The molecule has 4 aromatic rings. The normalized spacial score (nSPS) is 11.2. The maximum atomic E-state index is 12.5. The van der Waals surface area contributed by atoms with E-state index in [1.54, 1.807) is 6.92 Å². The summed E-state index contributed by atoms with van der Waals surface area (Å²) in [6, 6.07) is 22.6. The second kappa shape index (κ2) is 15.9. The van der Waals surface area contributed by atoms with Gasteiger partial charge in [0.25, 0.3) is 5.82 Å². The minimum Gasteiger partial charge on any atom is -0.494 e. The van der Waals surface area contributed by atoms with Crippen LogP contribution in [0.2, 0.25) is 0 Å². The highest BCUT2D eigenvalue weighted by Crippen LogP contribution is 2.21. The van der Waals surface area contributed by atoms with Crippen LogP contribution in [0.5, 0.6) is 5.75 Å². The number of carbonyl (C=O) groups excluding carboxylic acids is 1. The highest BCUT2D eigenvalue weighted by atomic mass is 16.5. The Morgan fingerprint density at radius 1 is 0.800 bits per heavy atom. The molecular weight excluding hydrogens is 494 g/mol. The van der Waals surface area contributed by atoms with Crippen molar-refractivity contribution in [3.63, 3.8) is 0 Å². The van der Waals surface area contributed by atoms with E-state index in [4.69, 9.17) is 4.74 Å². The minimum absolute atomic E-state index is 0.0277. The van der Waals surface area contributed by atoms with E-state index in [0.717, 1.165) is 47.8 Å². The molecule has 0 aliphatic heterocycles. The Balaban J connectivity index is 1.20. The van der Waals surface area contributed by atoms with E-state index in [-0.39, 0.29) is 5.91 Å². The van der Waals surface area contributed by atoms with Gasteiger partial charge in [-0.25, -0.2) is 4.98 Å². The Labute approximate surface area is 240 Å². The van der Waals surface area contributed by atoms with Gasteiger partial charge in [-0.2, -0.15) is 4.40 Å². The molecule has 0 aliphatic carbocycles. The largest absolute Gasteiger partial charge is 0.494 e. The standard InChI is InChI=1S/C35H45N3O2/c1-3-4-5-6-7-8-9-10-11-14-25-40-34-22-18-31(19-23-34)28-38(29(2)39)32-20-16-30(17-21-32)26-35-36-27-33-15-12-13-24-37(33)35/h12-13,15-24,27H,3-11,14,25-26,28H2,1-2H3/p+1. The molecule has 2 aromatic carbocycles. The minimum atomic E-state index is 0.0277. The molecule has 5 heteroatoms. The zero-order valence-electron chi connectivity index (χ0n) is 24.4. The van der Waals surface area contributed by atoms with Crippen LogP contribution in [0.4, 0.5) is 5.69 Å². The molecule has 4 rings (SSSR count). The number of H-pyrrole nitrogens is 1. The average Bonchev–Trinajstić information content (AvgIpc) is 3.38. The lowest BCUT2D eigenvalue weighted by Crippen LogP contribution is -2.27. The number of benzene rings is 2. The fraction of sp³-hybridized carbons (Fsp3) is 0.429. The molecule has 0 saturated carbocycles. The van der Waals surface area contributed by atoms with E-state index in [1.807, 2.05) is 47.5 Å². The topological polar surface area (TPSA) is 49.4 Å². The van der Waals surface area contributed by atoms with Gasteiger partial charge in [-0.05, 0) is 53.9 Å². The van der Waals surface area contributed by atoms with Gasteiger partial charge in [0.2, 0.25) is 5.91 Å². The second-order valence-corrected chi connectivity index (χ2v) is 10.9. The summed E-state index contributed by atoms with van der Waals surface area (Å²) < 4.78 is 8.14. The molecule has 0 bridgehead atoms. The number of fused-ring (bicyclic) bond motifs is 1. The molecule has 0 saturated heterocycles. The number of aromatic amines is 1. The van der Waals surface area contributed by atoms with Crippen molar-refractivity contribution in [2.24, 2.45) is 0 Å². The van der Waals surface area contributed by atoms with Gasteiger partial charge in [0.1, 0.15) is 11.9 Å². The number of nitrogens with one attached hydrogen (secondary N) is 1. The van der Waals surface area contributed by atoms with Crippen LogP contribution in [0.25, 0.3) is 5.52 Å². The van der Waals surface area contributed by atoms with Gasteiger partial charge in [-0.15, -0.1) is 0 Å². The summed E-state index contributed by atoms with van der Waals surface area (Å²) in [5.41, 5.74) is 4.32. The zero-order chi connectivity index (χ0) is 28.0. The number of rotatable bonds is 17. The summed E-state index contributed by atoms with van der Waals surface area (Å²) in [4.78, 5) is 17.7. The van der Waals surface area contributed by atoms with Crippen molar-refractivity contribution in [3.05, 3.63) is 96.1 Å². The van der Waals surface area contributed by atoms with Gasteiger partial charge in [-0.3, -0.25) is 4.79 Å². The molecule has 0 atom stereocenters.